The van der Waals surface area contributed by atoms with Crippen molar-refractivity contribution in [2.24, 2.45) is 0 Å². The van der Waals surface area contributed by atoms with Gasteiger partial charge in [0.15, 0.2) is 0 Å². The minimum atomic E-state index is 0.975. The molecule has 0 spiro atoms. The number of pyridine rings is 1. The molecule has 0 radical (unpaired) electrons. The van der Waals surface area contributed by atoms with E-state index in [9.17, 15) is 0 Å². The van der Waals surface area contributed by atoms with Crippen LogP contribution in [-0.4, -0.2) is 9.38 Å². The summed E-state index contributed by atoms with van der Waals surface area (Å²) >= 11 is 3.76. The molecular formula is C35H21BrN2. The van der Waals surface area contributed by atoms with E-state index in [1.54, 1.807) is 0 Å². The first kappa shape index (κ1) is 21.6. The Kier molecular flexibility index (Phi) is 4.70. The van der Waals surface area contributed by atoms with Crippen LogP contribution in [0, 0.1) is 0 Å². The van der Waals surface area contributed by atoms with E-state index in [0.29, 0.717) is 0 Å². The molecule has 8 aromatic rings. The molecule has 8 rings (SSSR count). The summed E-state index contributed by atoms with van der Waals surface area (Å²) in [5, 5.41) is 7.18. The summed E-state index contributed by atoms with van der Waals surface area (Å²) in [4.78, 5) is 5.42. The Morgan fingerprint density at radius 2 is 1.08 bits per heavy atom. The summed E-state index contributed by atoms with van der Waals surface area (Å²) < 4.78 is 3.47. The van der Waals surface area contributed by atoms with Crippen molar-refractivity contribution >= 4 is 64.9 Å². The van der Waals surface area contributed by atoms with Crippen LogP contribution in [0.25, 0.3) is 71.4 Å². The Hall–Kier alpha value is -4.47. The third kappa shape index (κ3) is 3.03. The molecule has 0 unspecified atom stereocenters. The Morgan fingerprint density at radius 3 is 1.79 bits per heavy atom. The van der Waals surface area contributed by atoms with Gasteiger partial charge in [0.1, 0.15) is 5.65 Å². The highest BCUT2D eigenvalue weighted by molar-refractivity contribution is 9.10. The second-order valence-electron chi connectivity index (χ2n) is 9.70. The van der Waals surface area contributed by atoms with Crippen LogP contribution in [0.2, 0.25) is 0 Å². The Labute approximate surface area is 227 Å². The second kappa shape index (κ2) is 8.27. The van der Waals surface area contributed by atoms with Crippen LogP contribution in [0.5, 0.6) is 0 Å². The minimum absolute atomic E-state index is 0.975. The van der Waals surface area contributed by atoms with Gasteiger partial charge in [-0.2, -0.15) is 0 Å². The third-order valence-corrected chi connectivity index (χ3v) is 8.09. The Morgan fingerprint density at radius 1 is 0.500 bits per heavy atom. The first-order valence-electron chi connectivity index (χ1n) is 12.8. The van der Waals surface area contributed by atoms with Crippen molar-refractivity contribution in [2.75, 3.05) is 0 Å². The molecule has 2 heterocycles. The van der Waals surface area contributed by atoms with Gasteiger partial charge in [0.25, 0.3) is 0 Å². The van der Waals surface area contributed by atoms with Crippen LogP contribution < -0.4 is 0 Å². The van der Waals surface area contributed by atoms with Gasteiger partial charge in [-0.3, -0.25) is 4.40 Å². The molecule has 0 aliphatic heterocycles. The molecule has 0 saturated carbocycles. The average molecular weight is 549 g/mol. The van der Waals surface area contributed by atoms with E-state index in [-0.39, 0.29) is 0 Å². The fraction of sp³-hybridized carbons (Fsp3) is 0. The van der Waals surface area contributed by atoms with Crippen molar-refractivity contribution < 1.29 is 0 Å². The lowest BCUT2D eigenvalue weighted by molar-refractivity contribution is 1.25. The standard InChI is InChI=1S/C35H21BrN2/c36-24-19-20-29-30(21-24)31(22-11-3-1-4-12-22)33(23-13-5-2-6-14-23)38-34-28-18-10-8-16-26(28)25-15-7-9-17-27(25)32(34)37-35(29)38/h1-21H. The highest BCUT2D eigenvalue weighted by Gasteiger charge is 2.23. The van der Waals surface area contributed by atoms with Gasteiger partial charge in [-0.25, -0.2) is 4.98 Å². The average Bonchev–Trinajstić information content (AvgIpc) is 3.38. The molecule has 2 nitrogen and oxygen atoms in total. The number of hydrogen-bond acceptors (Lipinski definition) is 1. The van der Waals surface area contributed by atoms with Crippen molar-refractivity contribution in [3.8, 4) is 22.4 Å². The van der Waals surface area contributed by atoms with Gasteiger partial charge in [-0.15, -0.1) is 0 Å². The number of hydrogen-bond donors (Lipinski definition) is 0. The number of rotatable bonds is 2. The molecule has 38 heavy (non-hydrogen) atoms. The van der Waals surface area contributed by atoms with Gasteiger partial charge in [0.05, 0.1) is 16.7 Å². The number of aromatic nitrogens is 2. The van der Waals surface area contributed by atoms with E-state index in [4.69, 9.17) is 4.98 Å². The zero-order valence-electron chi connectivity index (χ0n) is 20.4. The fourth-order valence-corrected chi connectivity index (χ4v) is 6.39. The van der Waals surface area contributed by atoms with Gasteiger partial charge in [0, 0.05) is 26.2 Å². The largest absolute Gasteiger partial charge is 0.290 e. The topological polar surface area (TPSA) is 17.3 Å². The van der Waals surface area contributed by atoms with Crippen LogP contribution in [0.3, 0.4) is 0 Å². The predicted octanol–water partition coefficient (Wildman–Crippen LogP) is 10.0. The first-order chi connectivity index (χ1) is 18.8. The van der Waals surface area contributed by atoms with Crippen LogP contribution in [0.15, 0.2) is 132 Å². The van der Waals surface area contributed by atoms with E-state index in [2.05, 4.69) is 148 Å². The zero-order valence-corrected chi connectivity index (χ0v) is 22.0. The van der Waals surface area contributed by atoms with Gasteiger partial charge in [-0.05, 0) is 45.5 Å². The molecule has 0 fully saturated rings. The van der Waals surface area contributed by atoms with Crippen molar-refractivity contribution in [2.45, 2.75) is 0 Å². The molecular weight excluding hydrogens is 528 g/mol. The maximum atomic E-state index is 5.42. The summed E-state index contributed by atoms with van der Waals surface area (Å²) in [6.45, 7) is 0. The van der Waals surface area contributed by atoms with Gasteiger partial charge in [0.2, 0.25) is 0 Å². The molecule has 0 atom stereocenters. The highest BCUT2D eigenvalue weighted by Crippen LogP contribution is 2.44. The first-order valence-corrected chi connectivity index (χ1v) is 13.6. The third-order valence-electron chi connectivity index (χ3n) is 7.59. The normalized spacial score (nSPS) is 11.8. The summed E-state index contributed by atoms with van der Waals surface area (Å²) in [6.07, 6.45) is 0. The van der Waals surface area contributed by atoms with Crippen molar-refractivity contribution in [3.05, 3.63) is 132 Å². The van der Waals surface area contributed by atoms with Crippen LogP contribution >= 0.6 is 15.9 Å². The van der Waals surface area contributed by atoms with Crippen LogP contribution in [0.4, 0.5) is 0 Å². The fourth-order valence-electron chi connectivity index (χ4n) is 6.03. The van der Waals surface area contributed by atoms with E-state index < -0.39 is 0 Å². The quantitative estimate of drug-likeness (QED) is 0.196. The lowest BCUT2D eigenvalue weighted by Gasteiger charge is -2.18. The van der Waals surface area contributed by atoms with Crippen LogP contribution in [-0.2, 0) is 0 Å². The number of benzene rings is 6. The molecule has 0 saturated heterocycles. The van der Waals surface area contributed by atoms with E-state index in [0.717, 1.165) is 37.8 Å². The lowest BCUT2D eigenvalue weighted by Crippen LogP contribution is -1.99. The number of imidazole rings is 1. The molecule has 0 aliphatic rings. The van der Waals surface area contributed by atoms with E-state index >= 15 is 0 Å². The Balaban J connectivity index is 1.75. The predicted molar refractivity (Wildman–Crippen MR) is 164 cm³/mol. The van der Waals surface area contributed by atoms with E-state index in [1.165, 1.54) is 38.1 Å². The van der Waals surface area contributed by atoms with E-state index in [1.807, 2.05) is 0 Å². The number of halogens is 1. The van der Waals surface area contributed by atoms with Gasteiger partial charge < -0.3 is 0 Å². The lowest BCUT2D eigenvalue weighted by atomic mass is 9.93. The van der Waals surface area contributed by atoms with Gasteiger partial charge >= 0.3 is 0 Å². The summed E-state index contributed by atoms with van der Waals surface area (Å²) in [5.74, 6) is 0. The number of fused-ring (bicyclic) bond motifs is 10. The van der Waals surface area contributed by atoms with Crippen molar-refractivity contribution in [3.63, 3.8) is 0 Å². The molecule has 0 N–H and O–H groups in total. The summed E-state index contributed by atoms with van der Waals surface area (Å²) in [7, 11) is 0. The molecule has 0 bridgehead atoms. The molecule has 178 valence electrons. The van der Waals surface area contributed by atoms with Gasteiger partial charge in [-0.1, -0.05) is 125 Å². The van der Waals surface area contributed by atoms with Crippen LogP contribution in [0.1, 0.15) is 0 Å². The van der Waals surface area contributed by atoms with Crippen molar-refractivity contribution in [1.29, 1.82) is 0 Å². The Bertz CT molecular complexity index is 2180. The molecule has 6 aromatic carbocycles. The molecule has 2 aromatic heterocycles. The maximum Gasteiger partial charge on any atom is 0.146 e. The smallest absolute Gasteiger partial charge is 0.146 e. The summed E-state index contributed by atoms with van der Waals surface area (Å²) in [6, 6.07) is 45.4. The zero-order chi connectivity index (χ0) is 25.2. The van der Waals surface area contributed by atoms with Crippen molar-refractivity contribution in [1.82, 2.24) is 9.38 Å². The second-order valence-corrected chi connectivity index (χ2v) is 10.6. The maximum absolute atomic E-state index is 5.42. The molecule has 0 amide bonds. The minimum Gasteiger partial charge on any atom is -0.290 e. The SMILES string of the molecule is Brc1ccc2c(c1)c(-c1ccccc1)c(-c1ccccc1)n1c2nc2c3ccccc3c3ccccc3c21. The monoisotopic (exact) mass is 548 g/mol. The molecule has 3 heteroatoms. The number of nitrogens with zero attached hydrogens (tertiary/aromatic N) is 2. The summed E-state index contributed by atoms with van der Waals surface area (Å²) in [5.41, 5.74) is 7.86. The highest BCUT2D eigenvalue weighted by atomic mass is 79.9. The molecule has 0 aliphatic carbocycles.